The molecule has 0 spiro atoms. The zero-order valence-corrected chi connectivity index (χ0v) is 32.0. The van der Waals surface area contributed by atoms with E-state index in [9.17, 15) is 4.79 Å². The molecule has 2 aromatic carbocycles. The van der Waals surface area contributed by atoms with Crippen molar-refractivity contribution in [1.29, 1.82) is 0 Å². The normalized spacial score (nSPS) is 21.7. The van der Waals surface area contributed by atoms with Crippen molar-refractivity contribution >= 4 is 5.97 Å². The standard InChI is InChI=1S/C43H66O5/c1-12-35-38(46-32(3)33-22-16-14-17-23-33)36(48-39(47-35)34-24-18-15-19-25-34)29-45-37(44)28-43(10,11)31-42(8,9)27-21-20-26-41(6,7)30-40(4,5)13-2/h14-25,32,35-36,38-39H,12-13,26-31H2,1-11H3/b21-20-/t32?,35-,36+,38+,39?/m1/s1. The van der Waals surface area contributed by atoms with Crippen molar-refractivity contribution in [1.82, 2.24) is 0 Å². The van der Waals surface area contributed by atoms with Crippen molar-refractivity contribution in [2.75, 3.05) is 6.61 Å². The molecule has 0 amide bonds. The van der Waals surface area contributed by atoms with E-state index in [1.807, 2.05) is 55.5 Å². The predicted octanol–water partition coefficient (Wildman–Crippen LogP) is 11.6. The Labute approximate surface area is 293 Å². The average molecular weight is 663 g/mol. The van der Waals surface area contributed by atoms with E-state index in [0.29, 0.717) is 11.8 Å². The maximum Gasteiger partial charge on any atom is 0.306 e. The first kappa shape index (κ1) is 40.0. The first-order valence-corrected chi connectivity index (χ1v) is 18.3. The number of hydrogen-bond acceptors (Lipinski definition) is 5. The Balaban J connectivity index is 1.62. The maximum atomic E-state index is 13.4. The molecule has 1 saturated heterocycles. The molecule has 1 fully saturated rings. The molecule has 268 valence electrons. The lowest BCUT2D eigenvalue weighted by Crippen LogP contribution is -2.51. The van der Waals surface area contributed by atoms with E-state index in [-0.39, 0.29) is 41.0 Å². The zero-order chi connectivity index (χ0) is 35.6. The summed E-state index contributed by atoms with van der Waals surface area (Å²) in [5.74, 6) is -0.208. The molecule has 0 saturated carbocycles. The molecule has 1 aliphatic heterocycles. The number of benzene rings is 2. The minimum Gasteiger partial charge on any atom is -0.463 e. The van der Waals surface area contributed by atoms with Gasteiger partial charge in [0.2, 0.25) is 0 Å². The largest absolute Gasteiger partial charge is 0.463 e. The van der Waals surface area contributed by atoms with Gasteiger partial charge in [0, 0.05) is 5.56 Å². The summed E-state index contributed by atoms with van der Waals surface area (Å²) in [4.78, 5) is 13.4. The molecule has 5 heteroatoms. The summed E-state index contributed by atoms with van der Waals surface area (Å²) in [5, 5.41) is 0. The van der Waals surface area contributed by atoms with Crippen LogP contribution in [0.15, 0.2) is 72.8 Å². The molecule has 0 N–H and O–H groups in total. The van der Waals surface area contributed by atoms with Gasteiger partial charge in [-0.25, -0.2) is 0 Å². The van der Waals surface area contributed by atoms with Gasteiger partial charge in [0.1, 0.15) is 18.8 Å². The maximum absolute atomic E-state index is 13.4. The summed E-state index contributed by atoms with van der Waals surface area (Å²) >= 11 is 0. The van der Waals surface area contributed by atoms with Gasteiger partial charge in [-0.3, -0.25) is 4.79 Å². The molecule has 1 heterocycles. The molecule has 1 aliphatic rings. The minimum absolute atomic E-state index is 0.0562. The molecule has 0 bridgehead atoms. The molecule has 5 atom stereocenters. The van der Waals surface area contributed by atoms with Crippen LogP contribution in [0.25, 0.3) is 0 Å². The second kappa shape index (κ2) is 17.5. The quantitative estimate of drug-likeness (QED) is 0.117. The Morgan fingerprint density at radius 2 is 1.27 bits per heavy atom. The first-order chi connectivity index (χ1) is 22.4. The van der Waals surface area contributed by atoms with Crippen LogP contribution in [-0.4, -0.2) is 30.9 Å². The fourth-order valence-corrected chi connectivity index (χ4v) is 7.53. The molecule has 0 aromatic heterocycles. The Morgan fingerprint density at radius 3 is 1.81 bits per heavy atom. The van der Waals surface area contributed by atoms with Gasteiger partial charge in [0.25, 0.3) is 0 Å². The van der Waals surface area contributed by atoms with Gasteiger partial charge in [-0.1, -0.05) is 148 Å². The van der Waals surface area contributed by atoms with E-state index in [1.54, 1.807) is 0 Å². The molecule has 5 nitrogen and oxygen atoms in total. The average Bonchev–Trinajstić information content (AvgIpc) is 3.02. The molecule has 0 aliphatic carbocycles. The van der Waals surface area contributed by atoms with Crippen LogP contribution in [0.5, 0.6) is 0 Å². The molecule has 2 aromatic rings. The summed E-state index contributed by atoms with van der Waals surface area (Å²) in [6.07, 6.45) is 9.37. The van der Waals surface area contributed by atoms with Crippen LogP contribution >= 0.6 is 0 Å². The topological polar surface area (TPSA) is 54.0 Å². The molecule has 3 rings (SSSR count). The molecule has 2 unspecified atom stereocenters. The van der Waals surface area contributed by atoms with E-state index in [1.165, 1.54) is 12.8 Å². The van der Waals surface area contributed by atoms with Crippen LogP contribution in [0.3, 0.4) is 0 Å². The highest BCUT2D eigenvalue weighted by molar-refractivity contribution is 5.70. The van der Waals surface area contributed by atoms with Crippen LogP contribution in [0.4, 0.5) is 0 Å². The van der Waals surface area contributed by atoms with Crippen molar-refractivity contribution < 1.29 is 23.7 Å². The van der Waals surface area contributed by atoms with E-state index >= 15 is 0 Å². The van der Waals surface area contributed by atoms with Crippen molar-refractivity contribution in [2.24, 2.45) is 21.7 Å². The smallest absolute Gasteiger partial charge is 0.306 e. The summed E-state index contributed by atoms with van der Waals surface area (Å²) in [6.45, 7) is 25.0. The third-order valence-corrected chi connectivity index (χ3v) is 9.84. The van der Waals surface area contributed by atoms with Crippen molar-refractivity contribution in [3.63, 3.8) is 0 Å². The van der Waals surface area contributed by atoms with Gasteiger partial charge < -0.3 is 18.9 Å². The van der Waals surface area contributed by atoms with E-state index in [4.69, 9.17) is 18.9 Å². The number of carbonyl (C=O) groups is 1. The van der Waals surface area contributed by atoms with Gasteiger partial charge in [-0.2, -0.15) is 0 Å². The highest BCUT2D eigenvalue weighted by Crippen LogP contribution is 2.41. The minimum atomic E-state index is -0.555. The highest BCUT2D eigenvalue weighted by atomic mass is 16.7. The Kier molecular flexibility index (Phi) is 14.5. The highest BCUT2D eigenvalue weighted by Gasteiger charge is 2.42. The summed E-state index contributed by atoms with van der Waals surface area (Å²) in [5.41, 5.74) is 2.50. The lowest BCUT2D eigenvalue weighted by molar-refractivity contribution is -0.309. The van der Waals surface area contributed by atoms with Crippen molar-refractivity contribution in [2.45, 2.75) is 152 Å². The Hall–Kier alpha value is -2.47. The lowest BCUT2D eigenvalue weighted by Gasteiger charge is -2.42. The van der Waals surface area contributed by atoms with E-state index in [2.05, 4.69) is 93.5 Å². The zero-order valence-electron chi connectivity index (χ0n) is 32.0. The van der Waals surface area contributed by atoms with Gasteiger partial charge in [0.15, 0.2) is 6.29 Å². The third-order valence-electron chi connectivity index (χ3n) is 9.84. The number of rotatable bonds is 18. The summed E-state index contributed by atoms with van der Waals surface area (Å²) in [7, 11) is 0. The van der Waals surface area contributed by atoms with Gasteiger partial charge >= 0.3 is 5.97 Å². The molecular weight excluding hydrogens is 596 g/mol. The van der Waals surface area contributed by atoms with E-state index in [0.717, 1.165) is 36.8 Å². The Bertz CT molecular complexity index is 1260. The molecule has 48 heavy (non-hydrogen) atoms. The fourth-order valence-electron chi connectivity index (χ4n) is 7.53. The monoisotopic (exact) mass is 662 g/mol. The van der Waals surface area contributed by atoms with E-state index < -0.39 is 18.5 Å². The van der Waals surface area contributed by atoms with Crippen molar-refractivity contribution in [3.05, 3.63) is 83.9 Å². The lowest BCUT2D eigenvalue weighted by atomic mass is 9.71. The number of ether oxygens (including phenoxy) is 4. The number of allylic oxidation sites excluding steroid dienone is 2. The van der Waals surface area contributed by atoms with Crippen molar-refractivity contribution in [3.8, 4) is 0 Å². The number of esters is 1. The number of hydrogen-bond donors (Lipinski definition) is 0. The summed E-state index contributed by atoms with van der Waals surface area (Å²) < 4.78 is 25.6. The Morgan fingerprint density at radius 1 is 0.750 bits per heavy atom. The third kappa shape index (κ3) is 13.1. The second-order valence-corrected chi connectivity index (χ2v) is 17.3. The van der Waals surface area contributed by atoms with Gasteiger partial charge in [-0.15, -0.1) is 0 Å². The van der Waals surface area contributed by atoms with Gasteiger partial charge in [0.05, 0.1) is 18.6 Å². The molecule has 0 radical (unpaired) electrons. The summed E-state index contributed by atoms with van der Waals surface area (Å²) in [6, 6.07) is 20.1. The van der Waals surface area contributed by atoms with Crippen LogP contribution in [0.2, 0.25) is 0 Å². The predicted molar refractivity (Wildman–Crippen MR) is 198 cm³/mol. The van der Waals surface area contributed by atoms with Crippen LogP contribution in [0, 0.1) is 21.7 Å². The van der Waals surface area contributed by atoms with Gasteiger partial charge in [-0.05, 0) is 66.3 Å². The fraction of sp³-hybridized carbons (Fsp3) is 0.651. The first-order valence-electron chi connectivity index (χ1n) is 18.3. The van der Waals surface area contributed by atoms with Crippen LogP contribution in [-0.2, 0) is 23.7 Å². The SMILES string of the molecule is CC[C@H]1OC(c2ccccc2)O[C@@H](COC(=O)CC(C)(C)CC(C)(C)C/C=C\CC(C)(C)CC(C)(C)CC)[C@H]1OC(C)c1ccccc1. The number of carbonyl (C=O) groups excluding carboxylic acids is 1. The van der Waals surface area contributed by atoms with Crippen LogP contribution < -0.4 is 0 Å². The second-order valence-electron chi connectivity index (χ2n) is 17.3. The van der Waals surface area contributed by atoms with Crippen LogP contribution in [0.1, 0.15) is 145 Å². The molecular formula is C43H66O5.